The van der Waals surface area contributed by atoms with Crippen molar-refractivity contribution >= 4 is 35.4 Å². The standard InChI is InChI=1S/C26H37NO2S2/c1-3-25(30-19(2)31-27-24-17-15-23(16-18-24)26(28)29)22-12-8-11-21(13-14-22)20-9-6-4-5-7-10-20/h3,15-18,20-22,27H,2,4-14H2,1H3,(H,28,29)/b25-3-. The Bertz CT molecular complexity index is 751. The fourth-order valence-corrected chi connectivity index (χ4v) is 6.93. The monoisotopic (exact) mass is 459 g/mol. The first-order valence-corrected chi connectivity index (χ1v) is 13.5. The van der Waals surface area contributed by atoms with Crippen LogP contribution in [0.2, 0.25) is 0 Å². The summed E-state index contributed by atoms with van der Waals surface area (Å²) in [5.74, 6) is 1.68. The molecule has 0 saturated heterocycles. The number of benzene rings is 1. The highest BCUT2D eigenvalue weighted by Crippen LogP contribution is 2.44. The fourth-order valence-electron chi connectivity index (χ4n) is 5.20. The molecule has 0 bridgehead atoms. The molecule has 0 amide bonds. The topological polar surface area (TPSA) is 49.3 Å². The van der Waals surface area contributed by atoms with Crippen LogP contribution in [0.1, 0.15) is 87.9 Å². The molecule has 1 aromatic rings. The highest BCUT2D eigenvalue weighted by atomic mass is 32.2. The minimum absolute atomic E-state index is 0.301. The van der Waals surface area contributed by atoms with Crippen molar-refractivity contribution in [3.05, 3.63) is 51.6 Å². The van der Waals surface area contributed by atoms with Gasteiger partial charge >= 0.3 is 5.97 Å². The molecule has 31 heavy (non-hydrogen) atoms. The lowest BCUT2D eigenvalue weighted by atomic mass is 9.81. The molecule has 170 valence electrons. The summed E-state index contributed by atoms with van der Waals surface area (Å²) in [6.45, 7) is 6.41. The molecule has 2 saturated carbocycles. The van der Waals surface area contributed by atoms with Gasteiger partial charge in [-0.2, -0.15) is 0 Å². The normalized spacial score (nSPS) is 23.6. The third kappa shape index (κ3) is 7.64. The van der Waals surface area contributed by atoms with Crippen molar-refractivity contribution in [3.63, 3.8) is 0 Å². The smallest absolute Gasteiger partial charge is 0.335 e. The average molecular weight is 460 g/mol. The minimum Gasteiger partial charge on any atom is -0.478 e. The molecule has 0 radical (unpaired) electrons. The van der Waals surface area contributed by atoms with Crippen LogP contribution in [-0.4, -0.2) is 11.1 Å². The minimum atomic E-state index is -0.901. The van der Waals surface area contributed by atoms with Crippen LogP contribution in [0, 0.1) is 17.8 Å². The number of carbonyl (C=O) groups is 1. The van der Waals surface area contributed by atoms with Crippen LogP contribution >= 0.6 is 23.7 Å². The number of rotatable bonds is 8. The Kier molecular flexibility index (Phi) is 9.92. The predicted molar refractivity (Wildman–Crippen MR) is 136 cm³/mol. The number of hydrogen-bond donors (Lipinski definition) is 2. The maximum atomic E-state index is 11.0. The number of thioether (sulfide) groups is 1. The zero-order valence-electron chi connectivity index (χ0n) is 18.8. The van der Waals surface area contributed by atoms with E-state index in [1.807, 2.05) is 0 Å². The Morgan fingerprint density at radius 2 is 1.61 bits per heavy atom. The number of anilines is 1. The quantitative estimate of drug-likeness (QED) is 0.301. The Morgan fingerprint density at radius 3 is 2.26 bits per heavy atom. The SMILES string of the molecule is C=C(SNc1ccc(C(=O)O)cc1)S/C(=C\C)C1CCCC(C2CCCCCC2)CC1. The fraction of sp³-hybridized carbons (Fsp3) is 0.577. The number of hydrogen-bond acceptors (Lipinski definition) is 4. The molecule has 2 N–H and O–H groups in total. The first-order chi connectivity index (χ1) is 15.1. The summed E-state index contributed by atoms with van der Waals surface area (Å²) in [5.41, 5.74) is 1.19. The summed E-state index contributed by atoms with van der Waals surface area (Å²) >= 11 is 3.31. The summed E-state index contributed by atoms with van der Waals surface area (Å²) in [6, 6.07) is 6.83. The highest BCUT2D eigenvalue weighted by molar-refractivity contribution is 8.24. The Morgan fingerprint density at radius 1 is 0.968 bits per heavy atom. The molecule has 0 aromatic heterocycles. The molecule has 5 heteroatoms. The number of aromatic carboxylic acids is 1. The van der Waals surface area contributed by atoms with E-state index in [0.717, 1.165) is 21.8 Å². The Balaban J connectivity index is 1.47. The predicted octanol–water partition coefficient (Wildman–Crippen LogP) is 8.72. The van der Waals surface area contributed by atoms with Crippen molar-refractivity contribution < 1.29 is 9.90 Å². The largest absolute Gasteiger partial charge is 0.478 e. The first kappa shape index (κ1) is 24.3. The number of nitrogens with one attached hydrogen (secondary N) is 1. The van der Waals surface area contributed by atoms with Gasteiger partial charge in [0.05, 0.1) is 9.80 Å². The second kappa shape index (κ2) is 12.6. The molecule has 3 rings (SSSR count). The van der Waals surface area contributed by atoms with Gasteiger partial charge in [0, 0.05) is 5.69 Å². The van der Waals surface area contributed by atoms with Crippen molar-refractivity contribution in [1.82, 2.24) is 0 Å². The van der Waals surface area contributed by atoms with Crippen LogP contribution in [0.5, 0.6) is 0 Å². The first-order valence-electron chi connectivity index (χ1n) is 11.9. The van der Waals surface area contributed by atoms with Gasteiger partial charge in [-0.05, 0) is 85.1 Å². The van der Waals surface area contributed by atoms with Gasteiger partial charge < -0.3 is 9.83 Å². The maximum Gasteiger partial charge on any atom is 0.335 e. The number of carboxylic acid groups (broad SMARTS) is 1. The zero-order valence-corrected chi connectivity index (χ0v) is 20.4. The molecular weight excluding hydrogens is 422 g/mol. The summed E-state index contributed by atoms with van der Waals surface area (Å²) in [7, 11) is 0. The van der Waals surface area contributed by atoms with E-state index in [-0.39, 0.29) is 0 Å². The molecule has 2 aliphatic carbocycles. The van der Waals surface area contributed by atoms with Crippen LogP contribution in [0.3, 0.4) is 0 Å². The molecule has 1 aromatic carbocycles. The molecule has 2 aliphatic rings. The second-order valence-corrected chi connectivity index (χ2v) is 11.3. The third-order valence-corrected chi connectivity index (χ3v) is 9.01. The van der Waals surface area contributed by atoms with E-state index in [4.69, 9.17) is 5.11 Å². The molecule has 3 nitrogen and oxygen atoms in total. The van der Waals surface area contributed by atoms with Crippen molar-refractivity contribution in [2.24, 2.45) is 17.8 Å². The lowest BCUT2D eigenvalue weighted by Gasteiger charge is -2.25. The van der Waals surface area contributed by atoms with E-state index >= 15 is 0 Å². The zero-order chi connectivity index (χ0) is 22.1. The Labute approximate surface area is 196 Å². The van der Waals surface area contributed by atoms with Gasteiger partial charge in [0.1, 0.15) is 0 Å². The summed E-state index contributed by atoms with van der Waals surface area (Å²) in [5, 5.41) is 9.02. The van der Waals surface area contributed by atoms with Crippen LogP contribution in [0.4, 0.5) is 5.69 Å². The van der Waals surface area contributed by atoms with Crippen molar-refractivity contribution in [2.75, 3.05) is 4.72 Å². The van der Waals surface area contributed by atoms with Gasteiger partial charge in [-0.1, -0.05) is 75.8 Å². The van der Waals surface area contributed by atoms with Gasteiger partial charge in [-0.25, -0.2) is 4.79 Å². The van der Waals surface area contributed by atoms with Crippen LogP contribution < -0.4 is 4.72 Å². The molecule has 0 aliphatic heterocycles. The van der Waals surface area contributed by atoms with Gasteiger partial charge in [-0.3, -0.25) is 0 Å². The summed E-state index contributed by atoms with van der Waals surface area (Å²) in [4.78, 5) is 12.4. The number of carboxylic acids is 1. The van der Waals surface area contributed by atoms with Gasteiger partial charge in [-0.15, -0.1) is 0 Å². The van der Waals surface area contributed by atoms with E-state index in [2.05, 4.69) is 24.3 Å². The van der Waals surface area contributed by atoms with Crippen LogP contribution in [0.25, 0.3) is 0 Å². The third-order valence-electron chi connectivity index (χ3n) is 6.91. The second-order valence-electron chi connectivity index (χ2n) is 8.97. The summed E-state index contributed by atoms with van der Waals surface area (Å²) in [6.07, 6.45) is 17.8. The van der Waals surface area contributed by atoms with Crippen molar-refractivity contribution in [1.29, 1.82) is 0 Å². The van der Waals surface area contributed by atoms with Gasteiger partial charge in [0.2, 0.25) is 0 Å². The molecule has 0 heterocycles. The van der Waals surface area contributed by atoms with Crippen molar-refractivity contribution in [2.45, 2.75) is 77.6 Å². The van der Waals surface area contributed by atoms with E-state index in [1.54, 1.807) is 36.0 Å². The van der Waals surface area contributed by atoms with Gasteiger partial charge in [0.25, 0.3) is 0 Å². The van der Waals surface area contributed by atoms with Crippen molar-refractivity contribution in [3.8, 4) is 0 Å². The van der Waals surface area contributed by atoms with E-state index in [0.29, 0.717) is 11.5 Å². The van der Waals surface area contributed by atoms with E-state index in [9.17, 15) is 4.79 Å². The number of allylic oxidation sites excluding steroid dienone is 2. The van der Waals surface area contributed by atoms with Crippen LogP contribution in [0.15, 0.2) is 46.1 Å². The van der Waals surface area contributed by atoms with Gasteiger partial charge in [0.15, 0.2) is 0 Å². The maximum absolute atomic E-state index is 11.0. The average Bonchev–Trinajstić information content (AvgIpc) is 3.19. The molecule has 2 atom stereocenters. The summed E-state index contributed by atoms with van der Waals surface area (Å²) < 4.78 is 4.32. The highest BCUT2D eigenvalue weighted by Gasteiger charge is 2.27. The molecule has 0 spiro atoms. The van der Waals surface area contributed by atoms with E-state index < -0.39 is 5.97 Å². The molecular formula is C26H37NO2S2. The van der Waals surface area contributed by atoms with E-state index in [1.165, 1.54) is 87.5 Å². The lowest BCUT2D eigenvalue weighted by Crippen LogP contribution is -2.14. The molecule has 2 fully saturated rings. The lowest BCUT2D eigenvalue weighted by molar-refractivity contribution is 0.0697. The van der Waals surface area contributed by atoms with Crippen LogP contribution in [-0.2, 0) is 0 Å². The molecule has 2 unspecified atom stereocenters. The Hall–Kier alpha value is -1.33.